The van der Waals surface area contributed by atoms with E-state index < -0.39 is 0 Å². The molecule has 1 atom stereocenters. The second-order valence-corrected chi connectivity index (χ2v) is 8.30. The standard InChI is InChI=1S/C22H22ClN3O3S/c1-15-12-19(25-29-15)24-20(27)13-26(2)21(28)14-30-22(16-6-4-3-5-7-16)17-8-10-18(23)11-9-17/h3-12,22H,13-14H2,1-2H3,(H,24,25,27). The van der Waals surface area contributed by atoms with Crippen molar-refractivity contribution >= 4 is 41.0 Å². The number of carbonyl (C=O) groups is 2. The van der Waals surface area contributed by atoms with Crippen molar-refractivity contribution < 1.29 is 14.1 Å². The van der Waals surface area contributed by atoms with Crippen molar-refractivity contribution in [2.45, 2.75) is 12.2 Å². The number of aryl methyl sites for hydroxylation is 1. The Balaban J connectivity index is 1.60. The van der Waals surface area contributed by atoms with Crippen LogP contribution in [-0.4, -0.2) is 41.2 Å². The number of amides is 2. The van der Waals surface area contributed by atoms with Crippen molar-refractivity contribution in [3.05, 3.63) is 82.6 Å². The van der Waals surface area contributed by atoms with E-state index in [1.807, 2.05) is 54.6 Å². The molecule has 0 bridgehead atoms. The Morgan fingerprint density at radius 3 is 2.43 bits per heavy atom. The summed E-state index contributed by atoms with van der Waals surface area (Å²) in [6.45, 7) is 1.67. The monoisotopic (exact) mass is 443 g/mol. The van der Waals surface area contributed by atoms with Crippen molar-refractivity contribution in [1.29, 1.82) is 0 Å². The summed E-state index contributed by atoms with van der Waals surface area (Å²) in [6, 6.07) is 19.2. The molecule has 3 rings (SSSR count). The van der Waals surface area contributed by atoms with Crippen molar-refractivity contribution in [2.75, 3.05) is 24.7 Å². The molecule has 1 heterocycles. The number of aromatic nitrogens is 1. The van der Waals surface area contributed by atoms with Gasteiger partial charge in [-0.2, -0.15) is 0 Å². The fraction of sp³-hybridized carbons (Fsp3) is 0.227. The van der Waals surface area contributed by atoms with Crippen LogP contribution in [0, 0.1) is 6.92 Å². The van der Waals surface area contributed by atoms with Gasteiger partial charge in [0.05, 0.1) is 17.5 Å². The predicted octanol–water partition coefficient (Wildman–Crippen LogP) is 4.56. The number of benzene rings is 2. The number of halogens is 1. The Hall–Kier alpha value is -2.77. The summed E-state index contributed by atoms with van der Waals surface area (Å²) in [5.41, 5.74) is 2.16. The SMILES string of the molecule is Cc1cc(NC(=O)CN(C)C(=O)CSC(c2ccccc2)c2ccc(Cl)cc2)no1. The number of likely N-dealkylation sites (N-methyl/N-ethyl adjacent to an activating group) is 1. The van der Waals surface area contributed by atoms with Crippen LogP contribution in [0.25, 0.3) is 0 Å². The van der Waals surface area contributed by atoms with Gasteiger partial charge in [0.15, 0.2) is 5.82 Å². The molecular weight excluding hydrogens is 422 g/mol. The van der Waals surface area contributed by atoms with Crippen molar-refractivity contribution in [2.24, 2.45) is 0 Å². The number of anilines is 1. The Bertz CT molecular complexity index is 992. The smallest absolute Gasteiger partial charge is 0.245 e. The second-order valence-electron chi connectivity index (χ2n) is 6.77. The van der Waals surface area contributed by atoms with Crippen LogP contribution in [0.3, 0.4) is 0 Å². The Kier molecular flexibility index (Phi) is 7.54. The third-order valence-corrected chi connectivity index (χ3v) is 5.89. The fourth-order valence-electron chi connectivity index (χ4n) is 2.83. The molecule has 0 saturated carbocycles. The first-order valence-corrected chi connectivity index (χ1v) is 10.7. The number of rotatable bonds is 8. The van der Waals surface area contributed by atoms with Crippen molar-refractivity contribution in [1.82, 2.24) is 10.1 Å². The van der Waals surface area contributed by atoms with E-state index in [1.54, 1.807) is 20.0 Å². The number of thioether (sulfide) groups is 1. The first-order chi connectivity index (χ1) is 14.4. The molecule has 0 spiro atoms. The van der Waals surface area contributed by atoms with E-state index in [0.29, 0.717) is 16.6 Å². The third-order valence-electron chi connectivity index (χ3n) is 4.35. The zero-order valence-electron chi connectivity index (χ0n) is 16.7. The van der Waals surface area contributed by atoms with Crippen LogP contribution in [0.2, 0.25) is 5.02 Å². The van der Waals surface area contributed by atoms with Gasteiger partial charge in [-0.1, -0.05) is 59.2 Å². The van der Waals surface area contributed by atoms with Gasteiger partial charge in [-0.3, -0.25) is 9.59 Å². The first-order valence-electron chi connectivity index (χ1n) is 9.31. The van der Waals surface area contributed by atoms with Gasteiger partial charge in [-0.25, -0.2) is 0 Å². The summed E-state index contributed by atoms with van der Waals surface area (Å²) in [7, 11) is 1.61. The molecule has 0 fully saturated rings. The maximum atomic E-state index is 12.6. The van der Waals surface area contributed by atoms with Crippen LogP contribution in [0.15, 0.2) is 65.2 Å². The highest BCUT2D eigenvalue weighted by Gasteiger charge is 2.19. The number of nitrogens with one attached hydrogen (secondary N) is 1. The van der Waals surface area contributed by atoms with E-state index in [-0.39, 0.29) is 29.4 Å². The normalized spacial score (nSPS) is 11.7. The summed E-state index contributed by atoms with van der Waals surface area (Å²) in [5.74, 6) is 0.692. The number of hydrogen-bond acceptors (Lipinski definition) is 5. The van der Waals surface area contributed by atoms with Crippen molar-refractivity contribution in [3.63, 3.8) is 0 Å². The lowest BCUT2D eigenvalue weighted by atomic mass is 10.0. The van der Waals surface area contributed by atoms with Gasteiger partial charge in [0.2, 0.25) is 11.8 Å². The Labute approximate surface area is 184 Å². The highest BCUT2D eigenvalue weighted by Crippen LogP contribution is 2.36. The molecule has 30 heavy (non-hydrogen) atoms. The molecule has 0 aliphatic carbocycles. The zero-order chi connectivity index (χ0) is 21.5. The van der Waals surface area contributed by atoms with E-state index in [0.717, 1.165) is 11.1 Å². The Morgan fingerprint density at radius 1 is 1.13 bits per heavy atom. The van der Waals surface area contributed by atoms with Crippen LogP contribution in [0.5, 0.6) is 0 Å². The van der Waals surface area contributed by atoms with Gasteiger partial charge in [0.1, 0.15) is 5.76 Å². The molecule has 6 nitrogen and oxygen atoms in total. The number of nitrogens with zero attached hydrogens (tertiary/aromatic N) is 2. The Morgan fingerprint density at radius 2 is 1.80 bits per heavy atom. The maximum absolute atomic E-state index is 12.6. The summed E-state index contributed by atoms with van der Waals surface area (Å²) in [4.78, 5) is 26.2. The zero-order valence-corrected chi connectivity index (χ0v) is 18.2. The molecule has 3 aromatic rings. The van der Waals surface area contributed by atoms with Crippen LogP contribution in [0.4, 0.5) is 5.82 Å². The van der Waals surface area contributed by atoms with Gasteiger partial charge in [-0.05, 0) is 30.2 Å². The molecule has 1 aromatic heterocycles. The van der Waals surface area contributed by atoms with Crippen LogP contribution >= 0.6 is 23.4 Å². The van der Waals surface area contributed by atoms with Gasteiger partial charge in [-0.15, -0.1) is 11.8 Å². The summed E-state index contributed by atoms with van der Waals surface area (Å²) in [5, 5.41) is 6.98. The summed E-state index contributed by atoms with van der Waals surface area (Å²) in [6.07, 6.45) is 0. The minimum Gasteiger partial charge on any atom is -0.360 e. The molecule has 0 aliphatic heterocycles. The van der Waals surface area contributed by atoms with E-state index in [1.165, 1.54) is 16.7 Å². The predicted molar refractivity (Wildman–Crippen MR) is 120 cm³/mol. The summed E-state index contributed by atoms with van der Waals surface area (Å²) < 4.78 is 4.92. The lowest BCUT2D eigenvalue weighted by Gasteiger charge is -2.20. The summed E-state index contributed by atoms with van der Waals surface area (Å²) >= 11 is 7.53. The fourth-order valence-corrected chi connectivity index (χ4v) is 4.18. The van der Waals surface area contributed by atoms with Crippen LogP contribution in [-0.2, 0) is 9.59 Å². The van der Waals surface area contributed by atoms with E-state index in [4.69, 9.17) is 16.1 Å². The molecule has 0 radical (unpaired) electrons. The highest BCUT2D eigenvalue weighted by atomic mass is 35.5. The molecule has 0 saturated heterocycles. The minimum absolute atomic E-state index is 0.0206. The highest BCUT2D eigenvalue weighted by molar-refractivity contribution is 8.00. The molecule has 8 heteroatoms. The molecule has 2 aromatic carbocycles. The molecule has 2 amide bonds. The molecule has 0 aliphatic rings. The number of hydrogen-bond donors (Lipinski definition) is 1. The van der Waals surface area contributed by atoms with E-state index in [2.05, 4.69) is 10.5 Å². The van der Waals surface area contributed by atoms with Gasteiger partial charge < -0.3 is 14.7 Å². The molecular formula is C22H22ClN3O3S. The van der Waals surface area contributed by atoms with E-state index in [9.17, 15) is 9.59 Å². The first kappa shape index (κ1) is 21.9. The average Bonchev–Trinajstić information content (AvgIpc) is 3.14. The van der Waals surface area contributed by atoms with Crippen LogP contribution < -0.4 is 5.32 Å². The van der Waals surface area contributed by atoms with Gasteiger partial charge >= 0.3 is 0 Å². The van der Waals surface area contributed by atoms with Gasteiger partial charge in [0.25, 0.3) is 0 Å². The van der Waals surface area contributed by atoms with Gasteiger partial charge in [0, 0.05) is 18.1 Å². The maximum Gasteiger partial charge on any atom is 0.245 e. The number of carbonyl (C=O) groups excluding carboxylic acids is 2. The average molecular weight is 444 g/mol. The quantitative estimate of drug-likeness (QED) is 0.552. The van der Waals surface area contributed by atoms with E-state index >= 15 is 0 Å². The lowest BCUT2D eigenvalue weighted by Crippen LogP contribution is -2.36. The molecule has 1 N–H and O–H groups in total. The molecule has 1 unspecified atom stereocenters. The van der Waals surface area contributed by atoms with Crippen LogP contribution in [0.1, 0.15) is 22.1 Å². The second kappa shape index (κ2) is 10.3. The minimum atomic E-state index is -0.332. The largest absolute Gasteiger partial charge is 0.360 e. The topological polar surface area (TPSA) is 75.4 Å². The lowest BCUT2D eigenvalue weighted by molar-refractivity contribution is -0.131. The van der Waals surface area contributed by atoms with Crippen molar-refractivity contribution in [3.8, 4) is 0 Å². The molecule has 156 valence electrons. The third kappa shape index (κ3) is 6.11.